The maximum atomic E-state index is 11.8. The Kier molecular flexibility index (Phi) is 3.71. The molecule has 0 spiro atoms. The molecule has 1 aromatic heterocycles. The molecule has 3 N–H and O–H groups in total. The van der Waals surface area contributed by atoms with E-state index in [0.717, 1.165) is 11.3 Å². The van der Waals surface area contributed by atoms with Crippen LogP contribution in [0, 0.1) is 0 Å². The molecule has 1 amide bonds. The van der Waals surface area contributed by atoms with Gasteiger partial charge in [0.25, 0.3) is 0 Å². The fourth-order valence-corrected chi connectivity index (χ4v) is 1.91. The zero-order chi connectivity index (χ0) is 13.9. The zero-order valence-corrected chi connectivity index (χ0v) is 11.2. The number of benzene rings is 1. The van der Waals surface area contributed by atoms with Gasteiger partial charge in [0.05, 0.1) is 0 Å². The quantitative estimate of drug-likeness (QED) is 0.901. The van der Waals surface area contributed by atoms with Gasteiger partial charge in [0, 0.05) is 23.1 Å². The summed E-state index contributed by atoms with van der Waals surface area (Å²) in [5, 5.41) is 3.77. The van der Waals surface area contributed by atoms with Crippen LogP contribution in [0.15, 0.2) is 48.8 Å². The molecule has 0 saturated carbocycles. The van der Waals surface area contributed by atoms with E-state index in [-0.39, 0.29) is 0 Å². The number of anilines is 1. The van der Waals surface area contributed by atoms with Crippen molar-refractivity contribution in [3.63, 3.8) is 0 Å². The van der Waals surface area contributed by atoms with Crippen molar-refractivity contribution in [3.8, 4) is 0 Å². The largest absolute Gasteiger partial charge is 0.368 e. The molecule has 0 radical (unpaired) electrons. The molecular formula is C14H14ClN3O. The number of rotatable bonds is 4. The minimum atomic E-state index is -1.00. The van der Waals surface area contributed by atoms with Crippen molar-refractivity contribution in [1.29, 1.82) is 0 Å². The number of nitrogens with two attached hydrogens (primary N) is 1. The molecule has 1 aromatic carbocycles. The van der Waals surface area contributed by atoms with Gasteiger partial charge in [-0.25, -0.2) is 0 Å². The topological polar surface area (TPSA) is 68.0 Å². The second kappa shape index (κ2) is 5.28. The first kappa shape index (κ1) is 13.4. The number of carbonyl (C=O) groups excluding carboxylic acids is 1. The summed E-state index contributed by atoms with van der Waals surface area (Å²) in [5.41, 5.74) is 6.05. The van der Waals surface area contributed by atoms with Crippen LogP contribution >= 0.6 is 11.6 Å². The summed E-state index contributed by atoms with van der Waals surface area (Å²) in [6.45, 7) is 1.74. The minimum absolute atomic E-state index is 0.464. The van der Waals surface area contributed by atoms with Gasteiger partial charge in [0.2, 0.25) is 5.91 Å². The lowest BCUT2D eigenvalue weighted by Gasteiger charge is -2.29. The van der Waals surface area contributed by atoms with Crippen LogP contribution in [-0.2, 0) is 10.3 Å². The summed E-state index contributed by atoms with van der Waals surface area (Å²) in [5.74, 6) is -0.464. The lowest BCUT2D eigenvalue weighted by Crippen LogP contribution is -2.45. The van der Waals surface area contributed by atoms with Crippen molar-refractivity contribution in [1.82, 2.24) is 4.98 Å². The summed E-state index contributed by atoms with van der Waals surface area (Å²) < 4.78 is 0. The molecule has 2 aromatic rings. The molecule has 0 saturated heterocycles. The van der Waals surface area contributed by atoms with Crippen molar-refractivity contribution in [2.75, 3.05) is 5.32 Å². The third-order valence-corrected chi connectivity index (χ3v) is 3.24. The molecule has 1 atom stereocenters. The highest BCUT2D eigenvalue weighted by molar-refractivity contribution is 6.30. The van der Waals surface area contributed by atoms with Gasteiger partial charge in [0.1, 0.15) is 5.54 Å². The van der Waals surface area contributed by atoms with Crippen LogP contribution in [0.3, 0.4) is 0 Å². The predicted molar refractivity (Wildman–Crippen MR) is 75.9 cm³/mol. The Morgan fingerprint density at radius 2 is 1.79 bits per heavy atom. The van der Waals surface area contributed by atoms with Gasteiger partial charge in [-0.15, -0.1) is 0 Å². The first-order chi connectivity index (χ1) is 9.02. The number of carbonyl (C=O) groups is 1. The Balaban J connectivity index is 2.36. The number of amides is 1. The molecule has 98 valence electrons. The molecule has 1 unspecified atom stereocenters. The molecule has 0 aliphatic heterocycles. The lowest BCUT2D eigenvalue weighted by atomic mass is 9.91. The Labute approximate surface area is 116 Å². The summed E-state index contributed by atoms with van der Waals surface area (Å²) in [7, 11) is 0. The van der Waals surface area contributed by atoms with Crippen LogP contribution in [0.4, 0.5) is 5.69 Å². The van der Waals surface area contributed by atoms with Crippen LogP contribution in [0.1, 0.15) is 12.5 Å². The van der Waals surface area contributed by atoms with Crippen LogP contribution in [0.25, 0.3) is 0 Å². The molecule has 4 nitrogen and oxygen atoms in total. The van der Waals surface area contributed by atoms with E-state index in [1.165, 1.54) is 0 Å². The van der Waals surface area contributed by atoms with Crippen molar-refractivity contribution in [2.45, 2.75) is 12.5 Å². The second-order valence-corrected chi connectivity index (χ2v) is 4.79. The average Bonchev–Trinajstić information content (AvgIpc) is 2.42. The van der Waals surface area contributed by atoms with E-state index >= 15 is 0 Å². The van der Waals surface area contributed by atoms with E-state index in [1.54, 1.807) is 55.7 Å². The molecule has 19 heavy (non-hydrogen) atoms. The Hall–Kier alpha value is -2.07. The molecule has 0 aliphatic rings. The number of nitrogens with one attached hydrogen (secondary N) is 1. The molecule has 5 heteroatoms. The smallest absolute Gasteiger partial charge is 0.247 e. The normalized spacial score (nSPS) is 13.6. The maximum Gasteiger partial charge on any atom is 0.247 e. The van der Waals surface area contributed by atoms with Gasteiger partial charge in [-0.3, -0.25) is 9.78 Å². The van der Waals surface area contributed by atoms with Gasteiger partial charge < -0.3 is 11.1 Å². The molecule has 0 aliphatic carbocycles. The highest BCUT2D eigenvalue weighted by Crippen LogP contribution is 2.26. The molecule has 2 rings (SSSR count). The van der Waals surface area contributed by atoms with Crippen LogP contribution in [0.5, 0.6) is 0 Å². The summed E-state index contributed by atoms with van der Waals surface area (Å²) >= 11 is 5.83. The monoisotopic (exact) mass is 275 g/mol. The van der Waals surface area contributed by atoms with Crippen LogP contribution in [-0.4, -0.2) is 10.9 Å². The van der Waals surface area contributed by atoms with Crippen molar-refractivity contribution in [2.24, 2.45) is 5.73 Å². The number of primary amides is 1. The third-order valence-electron chi connectivity index (χ3n) is 2.99. The van der Waals surface area contributed by atoms with Gasteiger partial charge in [0.15, 0.2) is 0 Å². The number of pyridine rings is 1. The van der Waals surface area contributed by atoms with Gasteiger partial charge in [-0.2, -0.15) is 0 Å². The first-order valence-electron chi connectivity index (χ1n) is 5.76. The Bertz CT molecular complexity index is 571. The summed E-state index contributed by atoms with van der Waals surface area (Å²) in [6.07, 6.45) is 3.25. The number of aromatic nitrogens is 1. The van der Waals surface area contributed by atoms with Gasteiger partial charge in [-0.05, 0) is 48.9 Å². The van der Waals surface area contributed by atoms with Gasteiger partial charge >= 0.3 is 0 Å². The van der Waals surface area contributed by atoms with Crippen LogP contribution < -0.4 is 11.1 Å². The molecular weight excluding hydrogens is 262 g/mol. The predicted octanol–water partition coefficient (Wildman–Crippen LogP) is 2.55. The molecule has 1 heterocycles. The fourth-order valence-electron chi connectivity index (χ4n) is 1.78. The van der Waals surface area contributed by atoms with E-state index in [4.69, 9.17) is 17.3 Å². The summed E-state index contributed by atoms with van der Waals surface area (Å²) in [4.78, 5) is 15.7. The lowest BCUT2D eigenvalue weighted by molar-refractivity contribution is -0.122. The van der Waals surface area contributed by atoms with Crippen molar-refractivity contribution in [3.05, 3.63) is 59.4 Å². The average molecular weight is 276 g/mol. The van der Waals surface area contributed by atoms with E-state index in [9.17, 15) is 4.79 Å². The summed E-state index contributed by atoms with van der Waals surface area (Å²) in [6, 6.07) is 10.6. The number of hydrogen-bond acceptors (Lipinski definition) is 3. The molecule has 0 bridgehead atoms. The highest BCUT2D eigenvalue weighted by atomic mass is 35.5. The molecule has 0 fully saturated rings. The van der Waals surface area contributed by atoms with E-state index in [2.05, 4.69) is 10.3 Å². The standard InChI is InChI=1S/C14H14ClN3O/c1-14(13(16)19,10-6-8-17-9-7-10)18-12-4-2-11(15)3-5-12/h2-9,18H,1H3,(H2,16,19). The maximum absolute atomic E-state index is 11.8. The Morgan fingerprint density at radius 3 is 2.32 bits per heavy atom. The van der Waals surface area contributed by atoms with Crippen LogP contribution in [0.2, 0.25) is 5.02 Å². The Morgan fingerprint density at radius 1 is 1.21 bits per heavy atom. The first-order valence-corrected chi connectivity index (χ1v) is 6.14. The fraction of sp³-hybridized carbons (Fsp3) is 0.143. The highest BCUT2D eigenvalue weighted by Gasteiger charge is 2.33. The SMILES string of the molecule is CC(Nc1ccc(Cl)cc1)(C(N)=O)c1ccncc1. The zero-order valence-electron chi connectivity index (χ0n) is 10.4. The number of nitrogens with zero attached hydrogens (tertiary/aromatic N) is 1. The number of halogens is 1. The van der Waals surface area contributed by atoms with E-state index in [0.29, 0.717) is 5.02 Å². The van der Waals surface area contributed by atoms with E-state index < -0.39 is 11.4 Å². The third kappa shape index (κ3) is 2.85. The minimum Gasteiger partial charge on any atom is -0.368 e. The second-order valence-electron chi connectivity index (χ2n) is 4.36. The van der Waals surface area contributed by atoms with Crippen molar-refractivity contribution < 1.29 is 4.79 Å². The van der Waals surface area contributed by atoms with Crippen molar-refractivity contribution >= 4 is 23.2 Å². The number of hydrogen-bond donors (Lipinski definition) is 2. The van der Waals surface area contributed by atoms with E-state index in [1.807, 2.05) is 0 Å². The van der Waals surface area contributed by atoms with Gasteiger partial charge in [-0.1, -0.05) is 11.6 Å².